The van der Waals surface area contributed by atoms with E-state index < -0.39 is 0 Å². The normalized spacial score (nSPS) is 17.2. The molecule has 0 radical (unpaired) electrons. The van der Waals surface area contributed by atoms with Crippen LogP contribution in [0, 0.1) is 5.41 Å². The molecule has 1 N–H and O–H groups in total. The van der Waals surface area contributed by atoms with E-state index in [2.05, 4.69) is 24.4 Å². The van der Waals surface area contributed by atoms with E-state index in [1.54, 1.807) is 0 Å². The Kier molecular flexibility index (Phi) is 4.18. The monoisotopic (exact) mass is 245 g/mol. The standard InChI is InChI=1S/C16H23NO/c1-3-5-13-6-8-14(9-7-13)15(18)16(12-17-2)10-4-11-16/h6-9,17H,3-5,10-12H2,1-2H3. The topological polar surface area (TPSA) is 29.1 Å². The zero-order chi connectivity index (χ0) is 13.0. The first-order valence-corrected chi connectivity index (χ1v) is 7.00. The highest BCUT2D eigenvalue weighted by Gasteiger charge is 2.43. The maximum Gasteiger partial charge on any atom is 0.170 e. The van der Waals surface area contributed by atoms with E-state index in [0.29, 0.717) is 5.78 Å². The van der Waals surface area contributed by atoms with Gasteiger partial charge in [0, 0.05) is 17.5 Å². The summed E-state index contributed by atoms with van der Waals surface area (Å²) in [5.74, 6) is 0.325. The van der Waals surface area contributed by atoms with Crippen molar-refractivity contribution in [2.24, 2.45) is 5.41 Å². The van der Waals surface area contributed by atoms with Crippen molar-refractivity contribution >= 4 is 5.78 Å². The minimum absolute atomic E-state index is 0.124. The molecule has 2 rings (SSSR count). The summed E-state index contributed by atoms with van der Waals surface area (Å²) in [6.07, 6.45) is 5.49. The Morgan fingerprint density at radius 1 is 1.28 bits per heavy atom. The van der Waals surface area contributed by atoms with Crippen LogP contribution in [0.4, 0.5) is 0 Å². The van der Waals surface area contributed by atoms with Gasteiger partial charge in [-0.3, -0.25) is 4.79 Å². The third-order valence-electron chi connectivity index (χ3n) is 4.06. The molecule has 0 aliphatic heterocycles. The van der Waals surface area contributed by atoms with Gasteiger partial charge >= 0.3 is 0 Å². The molecule has 1 aromatic rings. The van der Waals surface area contributed by atoms with Crippen LogP contribution in [0.1, 0.15) is 48.5 Å². The summed E-state index contributed by atoms with van der Waals surface area (Å²) >= 11 is 0. The Hall–Kier alpha value is -1.15. The lowest BCUT2D eigenvalue weighted by Gasteiger charge is -2.40. The van der Waals surface area contributed by atoms with Crippen LogP contribution in [0.5, 0.6) is 0 Å². The zero-order valence-corrected chi connectivity index (χ0v) is 11.5. The van der Waals surface area contributed by atoms with E-state index >= 15 is 0 Å². The van der Waals surface area contributed by atoms with Crippen molar-refractivity contribution in [3.63, 3.8) is 0 Å². The number of rotatable bonds is 6. The molecule has 1 saturated carbocycles. The third-order valence-corrected chi connectivity index (χ3v) is 4.06. The van der Waals surface area contributed by atoms with E-state index in [1.165, 1.54) is 12.0 Å². The molecular formula is C16H23NO. The van der Waals surface area contributed by atoms with Crippen molar-refractivity contribution < 1.29 is 4.79 Å². The molecule has 1 aliphatic carbocycles. The lowest BCUT2D eigenvalue weighted by molar-refractivity contribution is 0.0614. The highest BCUT2D eigenvalue weighted by Crippen LogP contribution is 2.43. The summed E-state index contributed by atoms with van der Waals surface area (Å²) in [6.45, 7) is 2.98. The van der Waals surface area contributed by atoms with Crippen LogP contribution in [0.3, 0.4) is 0 Å². The maximum atomic E-state index is 12.6. The maximum absolute atomic E-state index is 12.6. The first kappa shape index (κ1) is 13.3. The minimum Gasteiger partial charge on any atom is -0.319 e. The number of aryl methyl sites for hydroxylation is 1. The molecule has 2 nitrogen and oxygen atoms in total. The molecule has 2 heteroatoms. The van der Waals surface area contributed by atoms with Crippen LogP contribution in [-0.4, -0.2) is 19.4 Å². The fourth-order valence-electron chi connectivity index (χ4n) is 2.84. The lowest BCUT2D eigenvalue weighted by atomic mass is 9.64. The third kappa shape index (κ3) is 2.49. The Morgan fingerprint density at radius 2 is 1.94 bits per heavy atom. The SMILES string of the molecule is CCCc1ccc(C(=O)C2(CNC)CCC2)cc1. The van der Waals surface area contributed by atoms with Gasteiger partial charge in [-0.15, -0.1) is 0 Å². The highest BCUT2D eigenvalue weighted by molar-refractivity contribution is 6.01. The second kappa shape index (κ2) is 5.66. The molecule has 0 saturated heterocycles. The average Bonchev–Trinajstić information content (AvgIpc) is 2.34. The lowest BCUT2D eigenvalue weighted by Crippen LogP contribution is -2.45. The van der Waals surface area contributed by atoms with Gasteiger partial charge in [-0.2, -0.15) is 0 Å². The number of benzene rings is 1. The van der Waals surface area contributed by atoms with Crippen LogP contribution >= 0.6 is 0 Å². The van der Waals surface area contributed by atoms with Crippen LogP contribution in [0.2, 0.25) is 0 Å². The molecule has 0 heterocycles. The number of carbonyl (C=O) groups is 1. The van der Waals surface area contributed by atoms with Gasteiger partial charge in [0.1, 0.15) is 0 Å². The van der Waals surface area contributed by atoms with Gasteiger partial charge < -0.3 is 5.32 Å². The molecule has 1 aromatic carbocycles. The number of ketones is 1. The summed E-state index contributed by atoms with van der Waals surface area (Å²) in [5, 5.41) is 3.17. The van der Waals surface area contributed by atoms with Gasteiger partial charge in [-0.05, 0) is 31.9 Å². The van der Waals surface area contributed by atoms with Gasteiger partial charge in [-0.1, -0.05) is 44.0 Å². The minimum atomic E-state index is -0.124. The molecule has 0 unspecified atom stereocenters. The predicted molar refractivity (Wildman–Crippen MR) is 75.0 cm³/mol. The van der Waals surface area contributed by atoms with Gasteiger partial charge in [0.15, 0.2) is 5.78 Å². The number of carbonyl (C=O) groups excluding carboxylic acids is 1. The quantitative estimate of drug-likeness (QED) is 0.780. The van der Waals surface area contributed by atoms with Crippen LogP contribution in [0.15, 0.2) is 24.3 Å². The van der Waals surface area contributed by atoms with Crippen molar-refractivity contribution in [2.75, 3.05) is 13.6 Å². The second-order valence-corrected chi connectivity index (χ2v) is 5.44. The molecule has 98 valence electrons. The molecule has 1 aliphatic rings. The van der Waals surface area contributed by atoms with Crippen molar-refractivity contribution in [1.82, 2.24) is 5.32 Å². The molecule has 0 spiro atoms. The summed E-state index contributed by atoms with van der Waals surface area (Å²) < 4.78 is 0. The first-order valence-electron chi connectivity index (χ1n) is 7.00. The van der Waals surface area contributed by atoms with Crippen LogP contribution < -0.4 is 5.32 Å². The van der Waals surface area contributed by atoms with E-state index in [4.69, 9.17) is 0 Å². The number of hydrogen-bond donors (Lipinski definition) is 1. The number of Topliss-reactive ketones (excluding diaryl/α,β-unsaturated/α-hetero) is 1. The Morgan fingerprint density at radius 3 is 2.39 bits per heavy atom. The largest absolute Gasteiger partial charge is 0.319 e. The van der Waals surface area contributed by atoms with Crippen molar-refractivity contribution in [1.29, 1.82) is 0 Å². The molecular weight excluding hydrogens is 222 g/mol. The number of hydrogen-bond acceptors (Lipinski definition) is 2. The van der Waals surface area contributed by atoms with Gasteiger partial charge in [0.2, 0.25) is 0 Å². The molecule has 0 aromatic heterocycles. The number of nitrogens with one attached hydrogen (secondary N) is 1. The molecule has 0 bridgehead atoms. The van der Waals surface area contributed by atoms with Gasteiger partial charge in [0.25, 0.3) is 0 Å². The van der Waals surface area contributed by atoms with E-state index in [-0.39, 0.29) is 5.41 Å². The van der Waals surface area contributed by atoms with E-state index in [1.807, 2.05) is 19.2 Å². The summed E-state index contributed by atoms with van der Waals surface area (Å²) in [6, 6.07) is 8.21. The second-order valence-electron chi connectivity index (χ2n) is 5.44. The Labute approximate surface area is 110 Å². The smallest absolute Gasteiger partial charge is 0.170 e. The van der Waals surface area contributed by atoms with E-state index in [0.717, 1.165) is 37.8 Å². The van der Waals surface area contributed by atoms with Crippen molar-refractivity contribution in [3.05, 3.63) is 35.4 Å². The fourth-order valence-corrected chi connectivity index (χ4v) is 2.84. The fraction of sp³-hybridized carbons (Fsp3) is 0.562. The highest BCUT2D eigenvalue weighted by atomic mass is 16.1. The van der Waals surface area contributed by atoms with Gasteiger partial charge in [0.05, 0.1) is 0 Å². The summed E-state index contributed by atoms with van der Waals surface area (Å²) in [4.78, 5) is 12.6. The molecule has 0 atom stereocenters. The van der Waals surface area contributed by atoms with Crippen LogP contribution in [0.25, 0.3) is 0 Å². The Balaban J connectivity index is 2.12. The predicted octanol–water partition coefficient (Wildman–Crippen LogP) is 3.21. The first-order chi connectivity index (χ1) is 8.72. The van der Waals surface area contributed by atoms with Crippen molar-refractivity contribution in [3.8, 4) is 0 Å². The Bertz CT molecular complexity index is 404. The van der Waals surface area contributed by atoms with Crippen molar-refractivity contribution in [2.45, 2.75) is 39.0 Å². The molecule has 18 heavy (non-hydrogen) atoms. The van der Waals surface area contributed by atoms with Gasteiger partial charge in [-0.25, -0.2) is 0 Å². The van der Waals surface area contributed by atoms with Crippen LogP contribution in [-0.2, 0) is 6.42 Å². The summed E-state index contributed by atoms with van der Waals surface area (Å²) in [5.41, 5.74) is 2.08. The average molecular weight is 245 g/mol. The summed E-state index contributed by atoms with van der Waals surface area (Å²) in [7, 11) is 1.93. The molecule has 1 fully saturated rings. The van der Waals surface area contributed by atoms with E-state index in [9.17, 15) is 4.79 Å². The zero-order valence-electron chi connectivity index (χ0n) is 11.5. The molecule has 0 amide bonds.